The standard InChI is InChI=1S/C16H19NO4/c1-12-5-3-6-13(9-12)21-11-16(18)17-10-15(19-2)14-7-4-8-20-14/h3-9,15H,10-11H2,1-2H3,(H,17,18). The maximum atomic E-state index is 11.8. The van der Waals surface area contributed by atoms with E-state index >= 15 is 0 Å². The van der Waals surface area contributed by atoms with Crippen molar-refractivity contribution in [2.45, 2.75) is 13.0 Å². The highest BCUT2D eigenvalue weighted by Gasteiger charge is 2.14. The molecule has 0 aliphatic rings. The number of hydrogen-bond acceptors (Lipinski definition) is 4. The molecular formula is C16H19NO4. The summed E-state index contributed by atoms with van der Waals surface area (Å²) in [5.41, 5.74) is 1.09. The Morgan fingerprint density at radius 2 is 2.19 bits per heavy atom. The van der Waals surface area contributed by atoms with E-state index in [1.165, 1.54) is 0 Å². The van der Waals surface area contributed by atoms with Gasteiger partial charge in [0.2, 0.25) is 0 Å². The van der Waals surface area contributed by atoms with Crippen LogP contribution in [0.1, 0.15) is 17.4 Å². The van der Waals surface area contributed by atoms with E-state index in [4.69, 9.17) is 13.9 Å². The van der Waals surface area contributed by atoms with Gasteiger partial charge in [-0.2, -0.15) is 0 Å². The Bertz CT molecular complexity index is 565. The molecule has 1 aromatic heterocycles. The van der Waals surface area contributed by atoms with Crippen LogP contribution in [0, 0.1) is 6.92 Å². The molecule has 112 valence electrons. The molecule has 1 atom stereocenters. The van der Waals surface area contributed by atoms with E-state index in [1.54, 1.807) is 19.4 Å². The van der Waals surface area contributed by atoms with Crippen LogP contribution in [-0.4, -0.2) is 26.2 Å². The third-order valence-electron chi connectivity index (χ3n) is 2.99. The van der Waals surface area contributed by atoms with Crippen LogP contribution in [0.25, 0.3) is 0 Å². The molecule has 1 aromatic carbocycles. The number of furan rings is 1. The second-order valence-electron chi connectivity index (χ2n) is 4.65. The van der Waals surface area contributed by atoms with Gasteiger partial charge in [-0.1, -0.05) is 12.1 Å². The van der Waals surface area contributed by atoms with E-state index in [-0.39, 0.29) is 18.6 Å². The quantitative estimate of drug-likeness (QED) is 0.850. The van der Waals surface area contributed by atoms with Crippen molar-refractivity contribution in [1.29, 1.82) is 0 Å². The van der Waals surface area contributed by atoms with Crippen LogP contribution in [-0.2, 0) is 9.53 Å². The molecule has 0 aliphatic carbocycles. The predicted molar refractivity (Wildman–Crippen MR) is 78.1 cm³/mol. The van der Waals surface area contributed by atoms with Gasteiger partial charge in [0.1, 0.15) is 17.6 Å². The van der Waals surface area contributed by atoms with Crippen molar-refractivity contribution in [2.75, 3.05) is 20.3 Å². The van der Waals surface area contributed by atoms with Gasteiger partial charge in [-0.25, -0.2) is 0 Å². The molecule has 5 nitrogen and oxygen atoms in total. The minimum atomic E-state index is -0.303. The lowest BCUT2D eigenvalue weighted by Gasteiger charge is -2.14. The van der Waals surface area contributed by atoms with Gasteiger partial charge in [-0.15, -0.1) is 0 Å². The number of hydrogen-bond donors (Lipinski definition) is 1. The summed E-state index contributed by atoms with van der Waals surface area (Å²) in [5.74, 6) is 1.15. The summed E-state index contributed by atoms with van der Waals surface area (Å²) in [5, 5.41) is 2.76. The average Bonchev–Trinajstić information content (AvgIpc) is 3.00. The number of methoxy groups -OCH3 is 1. The molecule has 0 saturated carbocycles. The highest BCUT2D eigenvalue weighted by molar-refractivity contribution is 5.77. The Hall–Kier alpha value is -2.27. The molecule has 1 N–H and O–H groups in total. The van der Waals surface area contributed by atoms with E-state index in [0.29, 0.717) is 18.1 Å². The number of carbonyl (C=O) groups is 1. The predicted octanol–water partition coefficient (Wildman–Crippen LogP) is 2.47. The molecule has 1 unspecified atom stereocenters. The number of amides is 1. The van der Waals surface area contributed by atoms with Crippen molar-refractivity contribution in [3.8, 4) is 5.75 Å². The van der Waals surface area contributed by atoms with Gasteiger partial charge in [0.25, 0.3) is 5.91 Å². The Balaban J connectivity index is 1.77. The Kier molecular flexibility index (Phi) is 5.40. The summed E-state index contributed by atoms with van der Waals surface area (Å²) in [6, 6.07) is 11.2. The molecule has 1 amide bonds. The smallest absolute Gasteiger partial charge is 0.258 e. The summed E-state index contributed by atoms with van der Waals surface area (Å²) in [7, 11) is 1.57. The molecular weight excluding hydrogens is 270 g/mol. The number of aryl methyl sites for hydroxylation is 1. The van der Waals surface area contributed by atoms with Crippen LogP contribution < -0.4 is 10.1 Å². The Morgan fingerprint density at radius 3 is 2.86 bits per heavy atom. The van der Waals surface area contributed by atoms with Crippen molar-refractivity contribution in [3.05, 3.63) is 54.0 Å². The minimum Gasteiger partial charge on any atom is -0.484 e. The van der Waals surface area contributed by atoms with Crippen LogP contribution in [0.4, 0.5) is 0 Å². The fourth-order valence-corrected chi connectivity index (χ4v) is 1.89. The molecule has 2 rings (SSSR count). The monoisotopic (exact) mass is 289 g/mol. The number of ether oxygens (including phenoxy) is 2. The summed E-state index contributed by atoms with van der Waals surface area (Å²) in [4.78, 5) is 11.8. The maximum absolute atomic E-state index is 11.8. The van der Waals surface area contributed by atoms with Gasteiger partial charge >= 0.3 is 0 Å². The fourth-order valence-electron chi connectivity index (χ4n) is 1.89. The van der Waals surface area contributed by atoms with E-state index < -0.39 is 0 Å². The number of rotatable bonds is 7. The van der Waals surface area contributed by atoms with E-state index in [9.17, 15) is 4.79 Å². The van der Waals surface area contributed by atoms with Crippen LogP contribution >= 0.6 is 0 Å². The highest BCUT2D eigenvalue weighted by atomic mass is 16.5. The van der Waals surface area contributed by atoms with Gasteiger partial charge < -0.3 is 19.2 Å². The first-order valence-electron chi connectivity index (χ1n) is 6.71. The lowest BCUT2D eigenvalue weighted by Crippen LogP contribution is -2.32. The van der Waals surface area contributed by atoms with Crippen LogP contribution in [0.2, 0.25) is 0 Å². The van der Waals surface area contributed by atoms with Crippen molar-refractivity contribution in [2.24, 2.45) is 0 Å². The van der Waals surface area contributed by atoms with Crippen LogP contribution in [0.5, 0.6) is 5.75 Å². The van der Waals surface area contributed by atoms with Crippen molar-refractivity contribution in [3.63, 3.8) is 0 Å². The van der Waals surface area contributed by atoms with E-state index in [1.807, 2.05) is 37.3 Å². The Morgan fingerprint density at radius 1 is 1.33 bits per heavy atom. The summed E-state index contributed by atoms with van der Waals surface area (Å²) in [6.45, 7) is 2.28. The molecule has 2 aromatic rings. The van der Waals surface area contributed by atoms with Crippen molar-refractivity contribution >= 4 is 5.91 Å². The van der Waals surface area contributed by atoms with Crippen molar-refractivity contribution < 1.29 is 18.7 Å². The summed E-state index contributed by atoms with van der Waals surface area (Å²) < 4.78 is 16.0. The molecule has 0 spiro atoms. The summed E-state index contributed by atoms with van der Waals surface area (Å²) in [6.07, 6.45) is 1.27. The average molecular weight is 289 g/mol. The topological polar surface area (TPSA) is 60.7 Å². The van der Waals surface area contributed by atoms with Crippen LogP contribution in [0.3, 0.4) is 0 Å². The second-order valence-corrected chi connectivity index (χ2v) is 4.65. The van der Waals surface area contributed by atoms with E-state index in [0.717, 1.165) is 5.56 Å². The molecule has 0 aliphatic heterocycles. The highest BCUT2D eigenvalue weighted by Crippen LogP contribution is 2.16. The third kappa shape index (κ3) is 4.65. The molecule has 0 radical (unpaired) electrons. The minimum absolute atomic E-state index is 0.0297. The molecule has 0 saturated heterocycles. The number of benzene rings is 1. The van der Waals surface area contributed by atoms with Gasteiger partial charge in [-0.3, -0.25) is 4.79 Å². The molecule has 0 fully saturated rings. The molecule has 0 bridgehead atoms. The van der Waals surface area contributed by atoms with Crippen LogP contribution in [0.15, 0.2) is 47.1 Å². The first-order chi connectivity index (χ1) is 10.2. The maximum Gasteiger partial charge on any atom is 0.258 e. The molecule has 1 heterocycles. The molecule has 21 heavy (non-hydrogen) atoms. The zero-order chi connectivity index (χ0) is 15.1. The fraction of sp³-hybridized carbons (Fsp3) is 0.312. The zero-order valence-electron chi connectivity index (χ0n) is 12.2. The number of carbonyl (C=O) groups excluding carboxylic acids is 1. The van der Waals surface area contributed by atoms with Gasteiger partial charge in [0, 0.05) is 7.11 Å². The molecule has 5 heteroatoms. The first-order valence-corrected chi connectivity index (χ1v) is 6.71. The first kappa shape index (κ1) is 15.1. The van der Waals surface area contributed by atoms with Gasteiger partial charge in [-0.05, 0) is 36.8 Å². The summed E-state index contributed by atoms with van der Waals surface area (Å²) >= 11 is 0. The van der Waals surface area contributed by atoms with Gasteiger partial charge in [0.15, 0.2) is 6.61 Å². The second kappa shape index (κ2) is 7.50. The number of nitrogens with one attached hydrogen (secondary N) is 1. The van der Waals surface area contributed by atoms with Gasteiger partial charge in [0.05, 0.1) is 12.8 Å². The largest absolute Gasteiger partial charge is 0.484 e. The van der Waals surface area contributed by atoms with E-state index in [2.05, 4.69) is 5.32 Å². The lowest BCUT2D eigenvalue weighted by atomic mass is 10.2. The normalized spacial score (nSPS) is 11.9. The van der Waals surface area contributed by atoms with Crippen molar-refractivity contribution in [1.82, 2.24) is 5.32 Å². The lowest BCUT2D eigenvalue weighted by molar-refractivity contribution is -0.123. The zero-order valence-corrected chi connectivity index (χ0v) is 12.2. The SMILES string of the molecule is COC(CNC(=O)COc1cccc(C)c1)c1ccco1. The Labute approximate surface area is 123 Å². The third-order valence-corrected chi connectivity index (χ3v) is 2.99.